The van der Waals surface area contributed by atoms with Crippen molar-refractivity contribution in [1.29, 1.82) is 0 Å². The standard InChI is InChI=1S/C28H35ClN4O2/c1-20(2)17-26(34)19-27-30-33(28(35)32(27)25-6-4-5-23(29)18-25)24-9-7-22(8-10-24)13-16-31-14-11-21(3)12-15-31/h4-10,18,20-21H,11-17,19H2,1-3H3. The summed E-state index contributed by atoms with van der Waals surface area (Å²) in [6.45, 7) is 9.75. The molecule has 35 heavy (non-hydrogen) atoms. The number of benzene rings is 2. The lowest BCUT2D eigenvalue weighted by molar-refractivity contribution is -0.119. The Balaban J connectivity index is 1.57. The first-order valence-electron chi connectivity index (χ1n) is 12.6. The van der Waals surface area contributed by atoms with Gasteiger partial charge in [-0.3, -0.25) is 4.79 Å². The highest BCUT2D eigenvalue weighted by molar-refractivity contribution is 6.30. The van der Waals surface area contributed by atoms with Gasteiger partial charge in [-0.2, -0.15) is 4.68 Å². The molecule has 6 nitrogen and oxygen atoms in total. The second kappa shape index (κ2) is 11.4. The first-order chi connectivity index (χ1) is 16.8. The molecule has 0 saturated carbocycles. The van der Waals surface area contributed by atoms with Crippen molar-refractivity contribution in [3.8, 4) is 11.4 Å². The third-order valence-electron chi connectivity index (χ3n) is 6.68. The number of ketones is 1. The monoisotopic (exact) mass is 494 g/mol. The van der Waals surface area contributed by atoms with Crippen LogP contribution >= 0.6 is 11.6 Å². The van der Waals surface area contributed by atoms with E-state index in [1.165, 1.54) is 40.7 Å². The van der Waals surface area contributed by atoms with E-state index in [1.807, 2.05) is 26.0 Å². The average Bonchev–Trinajstić information content (AvgIpc) is 3.14. The summed E-state index contributed by atoms with van der Waals surface area (Å²) in [5.41, 5.74) is 2.22. The highest BCUT2D eigenvalue weighted by atomic mass is 35.5. The van der Waals surface area contributed by atoms with Crippen molar-refractivity contribution in [3.63, 3.8) is 0 Å². The van der Waals surface area contributed by atoms with E-state index in [0.717, 1.165) is 18.9 Å². The smallest absolute Gasteiger partial charge is 0.303 e. The largest absolute Gasteiger partial charge is 0.355 e. The molecular formula is C28H35ClN4O2. The minimum atomic E-state index is -0.310. The summed E-state index contributed by atoms with van der Waals surface area (Å²) in [7, 11) is 0. The first-order valence-corrected chi connectivity index (χ1v) is 13.0. The third-order valence-corrected chi connectivity index (χ3v) is 6.91. The Morgan fingerprint density at radius 2 is 1.80 bits per heavy atom. The number of halogens is 1. The predicted octanol–water partition coefficient (Wildman–Crippen LogP) is 5.11. The van der Waals surface area contributed by atoms with Crippen LogP contribution in [-0.4, -0.2) is 44.7 Å². The van der Waals surface area contributed by atoms with E-state index in [9.17, 15) is 9.59 Å². The Labute approximate surface area is 212 Å². The van der Waals surface area contributed by atoms with Gasteiger partial charge in [0.2, 0.25) is 0 Å². The maximum absolute atomic E-state index is 13.5. The number of hydrogen-bond acceptors (Lipinski definition) is 4. The average molecular weight is 495 g/mol. The fourth-order valence-corrected chi connectivity index (χ4v) is 4.83. The molecule has 1 aliphatic heterocycles. The van der Waals surface area contributed by atoms with Crippen LogP contribution in [0.3, 0.4) is 0 Å². The third kappa shape index (κ3) is 6.50. The molecule has 186 valence electrons. The zero-order valence-electron chi connectivity index (χ0n) is 20.9. The van der Waals surface area contributed by atoms with E-state index in [-0.39, 0.29) is 23.8 Å². The van der Waals surface area contributed by atoms with Crippen LogP contribution in [-0.2, 0) is 17.6 Å². The number of piperidine rings is 1. The lowest BCUT2D eigenvalue weighted by Gasteiger charge is -2.30. The number of aromatic nitrogens is 3. The molecule has 0 spiro atoms. The number of hydrogen-bond donors (Lipinski definition) is 0. The molecule has 0 amide bonds. The molecule has 7 heteroatoms. The zero-order valence-corrected chi connectivity index (χ0v) is 21.7. The number of carbonyl (C=O) groups is 1. The maximum atomic E-state index is 13.5. The molecular weight excluding hydrogens is 460 g/mol. The molecule has 0 unspecified atom stereocenters. The topological polar surface area (TPSA) is 60.1 Å². The van der Waals surface area contributed by atoms with Gasteiger partial charge in [0.15, 0.2) is 0 Å². The van der Waals surface area contributed by atoms with Crippen molar-refractivity contribution in [2.75, 3.05) is 19.6 Å². The number of nitrogens with zero attached hydrogens (tertiary/aromatic N) is 4. The highest BCUT2D eigenvalue weighted by Crippen LogP contribution is 2.18. The summed E-state index contributed by atoms with van der Waals surface area (Å²) in [6, 6.07) is 15.1. The number of rotatable bonds is 9. The predicted molar refractivity (Wildman–Crippen MR) is 141 cm³/mol. The number of Topliss-reactive ketones (excluding diaryl/α,β-unsaturated/α-hetero) is 1. The summed E-state index contributed by atoms with van der Waals surface area (Å²) in [6.07, 6.45) is 4.08. The van der Waals surface area contributed by atoms with Crippen molar-refractivity contribution in [2.24, 2.45) is 11.8 Å². The molecule has 3 aromatic rings. The molecule has 2 aromatic carbocycles. The van der Waals surface area contributed by atoms with Crippen molar-refractivity contribution < 1.29 is 4.79 Å². The summed E-state index contributed by atoms with van der Waals surface area (Å²) in [4.78, 5) is 28.6. The molecule has 0 N–H and O–H groups in total. The van der Waals surface area contributed by atoms with Crippen LogP contribution in [0, 0.1) is 11.8 Å². The van der Waals surface area contributed by atoms with Crippen molar-refractivity contribution >= 4 is 17.4 Å². The van der Waals surface area contributed by atoms with Crippen LogP contribution in [0.4, 0.5) is 0 Å². The fraction of sp³-hybridized carbons (Fsp3) is 0.464. The number of likely N-dealkylation sites (tertiary alicyclic amines) is 1. The molecule has 1 saturated heterocycles. The van der Waals surface area contributed by atoms with E-state index < -0.39 is 0 Å². The summed E-state index contributed by atoms with van der Waals surface area (Å²) in [5, 5.41) is 5.11. The van der Waals surface area contributed by atoms with Gasteiger partial charge >= 0.3 is 5.69 Å². The Hall–Kier alpha value is -2.70. The van der Waals surface area contributed by atoms with Crippen molar-refractivity contribution in [3.05, 3.63) is 75.4 Å². The van der Waals surface area contributed by atoms with Gasteiger partial charge in [-0.25, -0.2) is 9.36 Å². The Morgan fingerprint density at radius 1 is 1.09 bits per heavy atom. The molecule has 2 heterocycles. The zero-order chi connectivity index (χ0) is 24.9. The van der Waals surface area contributed by atoms with Gasteiger partial charge < -0.3 is 4.90 Å². The van der Waals surface area contributed by atoms with E-state index >= 15 is 0 Å². The minimum absolute atomic E-state index is 0.0582. The highest BCUT2D eigenvalue weighted by Gasteiger charge is 2.20. The Kier molecular flexibility index (Phi) is 8.24. The van der Waals surface area contributed by atoms with Gasteiger partial charge in [-0.05, 0) is 80.1 Å². The van der Waals surface area contributed by atoms with E-state index in [1.54, 1.807) is 24.3 Å². The summed E-state index contributed by atoms with van der Waals surface area (Å²) < 4.78 is 2.88. The SMILES string of the molecule is CC(C)CC(=O)Cc1nn(-c2ccc(CCN3CCC(C)CC3)cc2)c(=O)n1-c1cccc(Cl)c1. The molecule has 1 fully saturated rings. The van der Waals surface area contributed by atoms with E-state index in [4.69, 9.17) is 11.6 Å². The second-order valence-corrected chi connectivity index (χ2v) is 10.6. The molecule has 0 atom stereocenters. The molecule has 4 rings (SSSR count). The maximum Gasteiger partial charge on any atom is 0.355 e. The lowest BCUT2D eigenvalue weighted by atomic mass is 9.99. The molecule has 0 radical (unpaired) electrons. The van der Waals surface area contributed by atoms with Crippen LogP contribution < -0.4 is 5.69 Å². The van der Waals surface area contributed by atoms with Gasteiger partial charge in [-0.15, -0.1) is 5.10 Å². The van der Waals surface area contributed by atoms with Crippen molar-refractivity contribution in [2.45, 2.75) is 52.9 Å². The molecule has 0 aliphatic carbocycles. The van der Waals surface area contributed by atoms with Crippen LogP contribution in [0.5, 0.6) is 0 Å². The van der Waals surface area contributed by atoms with Crippen LogP contribution in [0.2, 0.25) is 5.02 Å². The normalized spacial score (nSPS) is 15.1. The van der Waals surface area contributed by atoms with E-state index in [0.29, 0.717) is 28.6 Å². The van der Waals surface area contributed by atoms with Gasteiger partial charge in [0.25, 0.3) is 0 Å². The van der Waals surface area contributed by atoms with Crippen LogP contribution in [0.15, 0.2) is 53.3 Å². The van der Waals surface area contributed by atoms with Gasteiger partial charge in [-0.1, -0.05) is 50.6 Å². The molecule has 0 bridgehead atoms. The van der Waals surface area contributed by atoms with Gasteiger partial charge in [0.05, 0.1) is 17.8 Å². The Bertz CT molecular complexity index is 1200. The van der Waals surface area contributed by atoms with Crippen LogP contribution in [0.1, 0.15) is 51.4 Å². The van der Waals surface area contributed by atoms with Crippen molar-refractivity contribution in [1.82, 2.24) is 19.2 Å². The second-order valence-electron chi connectivity index (χ2n) is 10.2. The Morgan fingerprint density at radius 3 is 2.46 bits per heavy atom. The fourth-order valence-electron chi connectivity index (χ4n) is 4.65. The van der Waals surface area contributed by atoms with Crippen LogP contribution in [0.25, 0.3) is 11.4 Å². The summed E-state index contributed by atoms with van der Waals surface area (Å²) in [5.74, 6) is 1.56. The summed E-state index contributed by atoms with van der Waals surface area (Å²) >= 11 is 6.20. The molecule has 1 aliphatic rings. The minimum Gasteiger partial charge on any atom is -0.303 e. The molecule has 1 aromatic heterocycles. The number of carbonyl (C=O) groups excluding carboxylic acids is 1. The van der Waals surface area contributed by atoms with Gasteiger partial charge in [0.1, 0.15) is 11.6 Å². The quantitative estimate of drug-likeness (QED) is 0.415. The first kappa shape index (κ1) is 25.4. The van der Waals surface area contributed by atoms with E-state index in [2.05, 4.69) is 29.1 Å². The van der Waals surface area contributed by atoms with Gasteiger partial charge in [0, 0.05) is 18.0 Å². The lowest BCUT2D eigenvalue weighted by Crippen LogP contribution is -2.34.